The number of rotatable bonds is 5. The Morgan fingerprint density at radius 3 is 2.75 bits per heavy atom. The van der Waals surface area contributed by atoms with E-state index < -0.39 is 0 Å². The second-order valence-electron chi connectivity index (χ2n) is 4.37. The van der Waals surface area contributed by atoms with Crippen LogP contribution in [0.4, 0.5) is 4.39 Å². The van der Waals surface area contributed by atoms with Gasteiger partial charge in [0.2, 0.25) is 0 Å². The minimum atomic E-state index is -0.300. The van der Waals surface area contributed by atoms with Gasteiger partial charge >= 0.3 is 0 Å². The maximum absolute atomic E-state index is 13.4. The summed E-state index contributed by atoms with van der Waals surface area (Å²) in [6.45, 7) is 2.88. The van der Waals surface area contributed by atoms with Crippen LogP contribution < -0.4 is 11.3 Å². The Balaban J connectivity index is 2.46. The van der Waals surface area contributed by atoms with E-state index in [0.29, 0.717) is 4.47 Å². The summed E-state index contributed by atoms with van der Waals surface area (Å²) in [6.07, 6.45) is 2.71. The van der Waals surface area contributed by atoms with E-state index in [0.717, 1.165) is 28.7 Å². The summed E-state index contributed by atoms with van der Waals surface area (Å²) in [5, 5.41) is 4.33. The van der Waals surface area contributed by atoms with Crippen molar-refractivity contribution in [1.82, 2.24) is 15.2 Å². The van der Waals surface area contributed by atoms with E-state index in [1.165, 1.54) is 6.07 Å². The van der Waals surface area contributed by atoms with E-state index in [-0.39, 0.29) is 11.9 Å². The van der Waals surface area contributed by atoms with Crippen molar-refractivity contribution in [3.63, 3.8) is 0 Å². The summed E-state index contributed by atoms with van der Waals surface area (Å²) in [5.74, 6) is 5.40. The van der Waals surface area contributed by atoms with Gasteiger partial charge in [0.05, 0.1) is 26.9 Å². The molecule has 1 atom stereocenters. The first-order chi connectivity index (χ1) is 9.58. The lowest BCUT2D eigenvalue weighted by Gasteiger charge is -2.19. The standard InChI is InChI=1S/C13H15Br2FN4/c1-2-5-20-13(10(15)7-18-20)12(19-17)8-3-4-11(16)9(14)6-8/h3-4,6-7,12,19H,2,5,17H2,1H3. The van der Waals surface area contributed by atoms with E-state index in [1.807, 2.05) is 4.68 Å². The molecule has 2 rings (SSSR count). The Morgan fingerprint density at radius 2 is 2.15 bits per heavy atom. The van der Waals surface area contributed by atoms with Crippen LogP contribution in [0, 0.1) is 5.82 Å². The third-order valence-corrected chi connectivity index (χ3v) is 4.20. The fraction of sp³-hybridized carbons (Fsp3) is 0.308. The summed E-state index contributed by atoms with van der Waals surface area (Å²) in [5.41, 5.74) is 4.56. The Labute approximate surface area is 133 Å². The molecule has 1 unspecified atom stereocenters. The molecule has 4 nitrogen and oxygen atoms in total. The lowest BCUT2D eigenvalue weighted by molar-refractivity contribution is 0.518. The molecule has 0 bridgehead atoms. The zero-order valence-corrected chi connectivity index (χ0v) is 14.1. The number of aromatic nitrogens is 2. The molecule has 108 valence electrons. The molecule has 0 aliphatic rings. The molecular formula is C13H15Br2FN4. The highest BCUT2D eigenvalue weighted by Gasteiger charge is 2.21. The van der Waals surface area contributed by atoms with Crippen molar-refractivity contribution in [3.8, 4) is 0 Å². The minimum absolute atomic E-state index is 0.268. The molecule has 1 aromatic heterocycles. The molecule has 0 saturated heterocycles. The number of aryl methyl sites for hydroxylation is 1. The van der Waals surface area contributed by atoms with E-state index in [9.17, 15) is 4.39 Å². The third-order valence-electron chi connectivity index (χ3n) is 2.99. The molecule has 1 heterocycles. The Morgan fingerprint density at radius 1 is 1.40 bits per heavy atom. The number of nitrogens with one attached hydrogen (secondary N) is 1. The van der Waals surface area contributed by atoms with Crippen LogP contribution in [0.3, 0.4) is 0 Å². The minimum Gasteiger partial charge on any atom is -0.271 e. The lowest BCUT2D eigenvalue weighted by atomic mass is 10.0. The van der Waals surface area contributed by atoms with Crippen molar-refractivity contribution in [3.05, 3.63) is 50.4 Å². The normalized spacial score (nSPS) is 12.7. The SMILES string of the molecule is CCCn1ncc(Br)c1C(NN)c1ccc(F)c(Br)c1. The molecule has 0 fully saturated rings. The van der Waals surface area contributed by atoms with E-state index in [2.05, 4.69) is 49.3 Å². The van der Waals surface area contributed by atoms with Gasteiger partial charge in [-0.2, -0.15) is 5.10 Å². The predicted molar refractivity (Wildman–Crippen MR) is 83.5 cm³/mol. The molecular weight excluding hydrogens is 391 g/mol. The summed E-state index contributed by atoms with van der Waals surface area (Å²) in [6, 6.07) is 4.57. The highest BCUT2D eigenvalue weighted by atomic mass is 79.9. The number of halogens is 3. The topological polar surface area (TPSA) is 55.9 Å². The fourth-order valence-electron chi connectivity index (χ4n) is 2.07. The summed E-state index contributed by atoms with van der Waals surface area (Å²) >= 11 is 6.69. The van der Waals surface area contributed by atoms with Crippen LogP contribution in [0.25, 0.3) is 0 Å². The largest absolute Gasteiger partial charge is 0.271 e. The predicted octanol–water partition coefficient (Wildman–Crippen LogP) is 3.51. The highest BCUT2D eigenvalue weighted by molar-refractivity contribution is 9.10. The summed E-state index contributed by atoms with van der Waals surface area (Å²) in [4.78, 5) is 0. The fourth-order valence-corrected chi connectivity index (χ4v) is 3.00. The molecule has 2 aromatic rings. The third kappa shape index (κ3) is 3.11. The van der Waals surface area contributed by atoms with Crippen molar-refractivity contribution in [2.24, 2.45) is 5.84 Å². The Kier molecular flexibility index (Phi) is 5.31. The van der Waals surface area contributed by atoms with Gasteiger partial charge in [-0.05, 0) is 56.0 Å². The Hall–Kier alpha value is -0.760. The molecule has 0 saturated carbocycles. The second-order valence-corrected chi connectivity index (χ2v) is 6.08. The van der Waals surface area contributed by atoms with Crippen LogP contribution in [0.1, 0.15) is 30.6 Å². The number of benzene rings is 1. The average Bonchev–Trinajstić information content (AvgIpc) is 2.77. The van der Waals surface area contributed by atoms with Gasteiger partial charge in [-0.3, -0.25) is 10.5 Å². The van der Waals surface area contributed by atoms with Gasteiger partial charge in [0.1, 0.15) is 5.82 Å². The maximum atomic E-state index is 13.4. The highest BCUT2D eigenvalue weighted by Crippen LogP contribution is 2.30. The van der Waals surface area contributed by atoms with Gasteiger partial charge in [0, 0.05) is 6.54 Å². The van der Waals surface area contributed by atoms with Gasteiger partial charge in [0.25, 0.3) is 0 Å². The van der Waals surface area contributed by atoms with E-state index >= 15 is 0 Å². The Bertz CT molecular complexity index is 600. The molecule has 7 heteroatoms. The van der Waals surface area contributed by atoms with Crippen LogP contribution in [0.2, 0.25) is 0 Å². The lowest BCUT2D eigenvalue weighted by Crippen LogP contribution is -2.31. The monoisotopic (exact) mass is 404 g/mol. The van der Waals surface area contributed by atoms with Crippen LogP contribution in [0.5, 0.6) is 0 Å². The van der Waals surface area contributed by atoms with Crippen molar-refractivity contribution >= 4 is 31.9 Å². The first-order valence-corrected chi connectivity index (χ1v) is 7.79. The van der Waals surface area contributed by atoms with Crippen LogP contribution >= 0.6 is 31.9 Å². The summed E-state index contributed by atoms with van der Waals surface area (Å²) in [7, 11) is 0. The van der Waals surface area contributed by atoms with Gasteiger partial charge in [-0.1, -0.05) is 13.0 Å². The molecule has 0 aliphatic heterocycles. The van der Waals surface area contributed by atoms with E-state index in [4.69, 9.17) is 5.84 Å². The molecule has 0 amide bonds. The van der Waals surface area contributed by atoms with Gasteiger partial charge in [-0.25, -0.2) is 9.82 Å². The van der Waals surface area contributed by atoms with Gasteiger partial charge < -0.3 is 0 Å². The van der Waals surface area contributed by atoms with E-state index in [1.54, 1.807) is 18.3 Å². The van der Waals surface area contributed by atoms with Gasteiger partial charge in [-0.15, -0.1) is 0 Å². The van der Waals surface area contributed by atoms with Crippen LogP contribution in [-0.2, 0) is 6.54 Å². The zero-order chi connectivity index (χ0) is 14.7. The second kappa shape index (κ2) is 6.80. The smallest absolute Gasteiger partial charge is 0.137 e. The van der Waals surface area contributed by atoms with Crippen LogP contribution in [-0.4, -0.2) is 9.78 Å². The van der Waals surface area contributed by atoms with Crippen molar-refractivity contribution < 1.29 is 4.39 Å². The number of hydrogen-bond donors (Lipinski definition) is 2. The first-order valence-electron chi connectivity index (χ1n) is 6.20. The number of hydrogen-bond acceptors (Lipinski definition) is 3. The molecule has 0 spiro atoms. The number of nitrogens with zero attached hydrogens (tertiary/aromatic N) is 2. The van der Waals surface area contributed by atoms with Crippen molar-refractivity contribution in [2.75, 3.05) is 0 Å². The molecule has 1 aromatic carbocycles. The van der Waals surface area contributed by atoms with Gasteiger partial charge in [0.15, 0.2) is 0 Å². The quantitative estimate of drug-likeness (QED) is 0.591. The number of nitrogens with two attached hydrogens (primary N) is 1. The van der Waals surface area contributed by atoms with Crippen LogP contribution in [0.15, 0.2) is 33.3 Å². The maximum Gasteiger partial charge on any atom is 0.137 e. The zero-order valence-electron chi connectivity index (χ0n) is 10.9. The summed E-state index contributed by atoms with van der Waals surface area (Å²) < 4.78 is 16.5. The molecule has 0 aliphatic carbocycles. The van der Waals surface area contributed by atoms with Crippen molar-refractivity contribution in [1.29, 1.82) is 0 Å². The molecule has 20 heavy (non-hydrogen) atoms. The average molecular weight is 406 g/mol. The number of hydrazine groups is 1. The molecule has 0 radical (unpaired) electrons. The first kappa shape index (κ1) is 15.6. The molecule has 3 N–H and O–H groups in total. The van der Waals surface area contributed by atoms with Crippen molar-refractivity contribution in [2.45, 2.75) is 25.9 Å².